The topological polar surface area (TPSA) is 63.2 Å². The Bertz CT molecular complexity index is 759. The first kappa shape index (κ1) is 15.5. The van der Waals surface area contributed by atoms with Crippen molar-refractivity contribution in [3.05, 3.63) is 71.9 Å². The van der Waals surface area contributed by atoms with Crippen LogP contribution in [0.3, 0.4) is 0 Å². The fraction of sp³-hybridized carbons (Fsp3) is 0.278. The molecule has 2 aromatic heterocycles. The zero-order chi connectivity index (χ0) is 16.3. The van der Waals surface area contributed by atoms with Crippen molar-refractivity contribution >= 4 is 0 Å². The van der Waals surface area contributed by atoms with E-state index in [9.17, 15) is 5.11 Å². The molecule has 120 valence electrons. The maximum Gasteiger partial charge on any atom is 0.136 e. The summed E-state index contributed by atoms with van der Waals surface area (Å²) in [5, 5.41) is 18.2. The molecule has 3 rings (SSSR count). The number of benzene rings is 1. The van der Waals surface area contributed by atoms with Crippen molar-refractivity contribution in [2.75, 3.05) is 6.54 Å². The highest BCUT2D eigenvalue weighted by atomic mass is 16.4. The first-order valence-electron chi connectivity index (χ1n) is 7.64. The van der Waals surface area contributed by atoms with Gasteiger partial charge in [-0.2, -0.15) is 5.10 Å². The van der Waals surface area contributed by atoms with Gasteiger partial charge < -0.3 is 14.8 Å². The van der Waals surface area contributed by atoms with Gasteiger partial charge in [0, 0.05) is 19.3 Å². The molecule has 23 heavy (non-hydrogen) atoms. The Balaban J connectivity index is 1.58. The quantitative estimate of drug-likeness (QED) is 0.735. The highest BCUT2D eigenvalue weighted by Crippen LogP contribution is 2.22. The van der Waals surface area contributed by atoms with Gasteiger partial charge in [-0.1, -0.05) is 18.2 Å². The Hall–Kier alpha value is -2.37. The second-order valence-corrected chi connectivity index (χ2v) is 5.87. The summed E-state index contributed by atoms with van der Waals surface area (Å²) in [6, 6.07) is 15.6. The molecule has 0 aliphatic rings. The van der Waals surface area contributed by atoms with E-state index in [0.717, 1.165) is 17.1 Å². The molecule has 0 radical (unpaired) electrons. The number of furan rings is 1. The van der Waals surface area contributed by atoms with Gasteiger partial charge in [-0.25, -0.2) is 4.68 Å². The smallest absolute Gasteiger partial charge is 0.136 e. The molecule has 1 atom stereocenters. The van der Waals surface area contributed by atoms with Gasteiger partial charge in [0.2, 0.25) is 0 Å². The van der Waals surface area contributed by atoms with Crippen LogP contribution in [0.4, 0.5) is 0 Å². The standard InChI is InChI=1S/C18H21N3O2/c1-14-8-9-17(23-14)18(2,22)13-19-12-15-10-11-21(20-15)16-6-4-3-5-7-16/h3-11,19,22H,12-13H2,1-2H3. The number of rotatable bonds is 6. The maximum absolute atomic E-state index is 10.5. The normalized spacial score (nSPS) is 13.9. The summed E-state index contributed by atoms with van der Waals surface area (Å²) in [6.07, 6.45) is 1.93. The summed E-state index contributed by atoms with van der Waals surface area (Å²) >= 11 is 0. The van der Waals surface area contributed by atoms with Gasteiger partial charge in [0.1, 0.15) is 17.1 Å². The predicted molar refractivity (Wildman–Crippen MR) is 88.3 cm³/mol. The minimum atomic E-state index is -1.05. The molecule has 0 spiro atoms. The first-order valence-corrected chi connectivity index (χ1v) is 7.64. The van der Waals surface area contributed by atoms with E-state index in [1.807, 2.05) is 60.3 Å². The summed E-state index contributed by atoms with van der Waals surface area (Å²) < 4.78 is 7.34. The fourth-order valence-corrected chi connectivity index (χ4v) is 2.43. The molecule has 0 amide bonds. The molecule has 2 heterocycles. The largest absolute Gasteiger partial charge is 0.463 e. The summed E-state index contributed by atoms with van der Waals surface area (Å²) in [4.78, 5) is 0. The lowest BCUT2D eigenvalue weighted by Crippen LogP contribution is -2.34. The van der Waals surface area contributed by atoms with Crippen molar-refractivity contribution < 1.29 is 9.52 Å². The number of nitrogens with zero attached hydrogens (tertiary/aromatic N) is 2. The number of nitrogens with one attached hydrogen (secondary N) is 1. The van der Waals surface area contributed by atoms with E-state index in [2.05, 4.69) is 10.4 Å². The minimum absolute atomic E-state index is 0.387. The fourth-order valence-electron chi connectivity index (χ4n) is 2.43. The zero-order valence-corrected chi connectivity index (χ0v) is 13.4. The van der Waals surface area contributed by atoms with Crippen LogP contribution in [0.15, 0.2) is 59.1 Å². The Morgan fingerprint density at radius 1 is 1.17 bits per heavy atom. The van der Waals surface area contributed by atoms with E-state index in [-0.39, 0.29) is 0 Å². The predicted octanol–water partition coefficient (Wildman–Crippen LogP) is 2.77. The van der Waals surface area contributed by atoms with Gasteiger partial charge in [-0.3, -0.25) is 0 Å². The van der Waals surface area contributed by atoms with Crippen molar-refractivity contribution in [2.45, 2.75) is 26.0 Å². The molecular formula is C18H21N3O2. The molecule has 5 heteroatoms. The van der Waals surface area contributed by atoms with Crippen LogP contribution in [0.5, 0.6) is 0 Å². The molecule has 5 nitrogen and oxygen atoms in total. The summed E-state index contributed by atoms with van der Waals surface area (Å²) in [5.74, 6) is 1.36. The van der Waals surface area contributed by atoms with Gasteiger partial charge >= 0.3 is 0 Å². The van der Waals surface area contributed by atoms with Crippen LogP contribution in [0.25, 0.3) is 5.69 Å². The second-order valence-electron chi connectivity index (χ2n) is 5.87. The minimum Gasteiger partial charge on any atom is -0.463 e. The Morgan fingerprint density at radius 3 is 2.65 bits per heavy atom. The molecule has 1 aromatic carbocycles. The number of hydrogen-bond acceptors (Lipinski definition) is 4. The second kappa shape index (κ2) is 6.40. The summed E-state index contributed by atoms with van der Waals surface area (Å²) in [5.41, 5.74) is 0.896. The molecule has 0 saturated heterocycles. The van der Waals surface area contributed by atoms with Crippen LogP contribution in [0.1, 0.15) is 24.1 Å². The van der Waals surface area contributed by atoms with Crippen LogP contribution in [0.2, 0.25) is 0 Å². The lowest BCUT2D eigenvalue weighted by Gasteiger charge is -2.21. The van der Waals surface area contributed by atoms with Crippen molar-refractivity contribution in [3.63, 3.8) is 0 Å². The SMILES string of the molecule is Cc1ccc(C(C)(O)CNCc2ccn(-c3ccccc3)n2)o1. The van der Waals surface area contributed by atoms with E-state index in [4.69, 9.17) is 4.42 Å². The Labute approximate surface area is 135 Å². The van der Waals surface area contributed by atoms with Gasteiger partial charge in [-0.05, 0) is 44.2 Å². The molecule has 0 saturated carbocycles. The third kappa shape index (κ3) is 3.70. The molecule has 2 N–H and O–H groups in total. The van der Waals surface area contributed by atoms with Crippen molar-refractivity contribution in [1.82, 2.24) is 15.1 Å². The molecule has 0 aliphatic heterocycles. The van der Waals surface area contributed by atoms with Gasteiger partial charge in [0.15, 0.2) is 0 Å². The van der Waals surface area contributed by atoms with Crippen LogP contribution in [-0.4, -0.2) is 21.4 Å². The van der Waals surface area contributed by atoms with Crippen LogP contribution in [0, 0.1) is 6.92 Å². The monoisotopic (exact) mass is 311 g/mol. The molecule has 3 aromatic rings. The summed E-state index contributed by atoms with van der Waals surface area (Å²) in [6.45, 7) is 4.57. The number of para-hydroxylation sites is 1. The van der Waals surface area contributed by atoms with E-state index in [0.29, 0.717) is 18.8 Å². The Morgan fingerprint density at radius 2 is 1.96 bits per heavy atom. The van der Waals surface area contributed by atoms with Gasteiger partial charge in [0.25, 0.3) is 0 Å². The molecule has 0 bridgehead atoms. The first-order chi connectivity index (χ1) is 11.0. The molecule has 0 aliphatic carbocycles. The maximum atomic E-state index is 10.5. The van der Waals surface area contributed by atoms with E-state index < -0.39 is 5.60 Å². The lowest BCUT2D eigenvalue weighted by molar-refractivity contribution is 0.0332. The number of aryl methyl sites for hydroxylation is 1. The molecular weight excluding hydrogens is 290 g/mol. The van der Waals surface area contributed by atoms with E-state index in [1.54, 1.807) is 13.0 Å². The average molecular weight is 311 g/mol. The molecule has 1 unspecified atom stereocenters. The molecule has 0 fully saturated rings. The third-order valence-electron chi connectivity index (χ3n) is 3.71. The Kier molecular flexibility index (Phi) is 4.32. The van der Waals surface area contributed by atoms with Crippen LogP contribution < -0.4 is 5.32 Å². The van der Waals surface area contributed by atoms with Crippen molar-refractivity contribution in [2.24, 2.45) is 0 Å². The lowest BCUT2D eigenvalue weighted by atomic mass is 10.0. The number of hydrogen-bond donors (Lipinski definition) is 2. The zero-order valence-electron chi connectivity index (χ0n) is 13.4. The summed E-state index contributed by atoms with van der Waals surface area (Å²) in [7, 11) is 0. The van der Waals surface area contributed by atoms with Crippen molar-refractivity contribution in [3.8, 4) is 5.69 Å². The van der Waals surface area contributed by atoms with Gasteiger partial charge in [0.05, 0.1) is 11.4 Å². The number of aliphatic hydroxyl groups is 1. The number of aromatic nitrogens is 2. The van der Waals surface area contributed by atoms with Crippen LogP contribution >= 0.6 is 0 Å². The van der Waals surface area contributed by atoms with E-state index >= 15 is 0 Å². The average Bonchev–Trinajstić information content (AvgIpc) is 3.17. The highest BCUT2D eigenvalue weighted by Gasteiger charge is 2.26. The highest BCUT2D eigenvalue weighted by molar-refractivity contribution is 5.30. The van der Waals surface area contributed by atoms with Crippen LogP contribution in [-0.2, 0) is 12.1 Å². The van der Waals surface area contributed by atoms with Crippen molar-refractivity contribution in [1.29, 1.82) is 0 Å². The third-order valence-corrected chi connectivity index (χ3v) is 3.71. The van der Waals surface area contributed by atoms with E-state index in [1.165, 1.54) is 0 Å². The van der Waals surface area contributed by atoms with Gasteiger partial charge in [-0.15, -0.1) is 0 Å².